The van der Waals surface area contributed by atoms with Gasteiger partial charge in [-0.1, -0.05) is 0 Å². The number of halogens is 1. The number of aromatic nitrogens is 4. The first-order valence-corrected chi connectivity index (χ1v) is 9.12. The van der Waals surface area contributed by atoms with Crippen LogP contribution in [0, 0.1) is 5.82 Å². The molecular formula is C21H21FN6O. The van der Waals surface area contributed by atoms with E-state index in [9.17, 15) is 9.50 Å². The molecule has 1 unspecified atom stereocenters. The monoisotopic (exact) mass is 392 g/mol. The molecule has 3 heterocycles. The fraction of sp³-hybridized carbons (Fsp3) is 0.190. The molecule has 8 heteroatoms. The summed E-state index contributed by atoms with van der Waals surface area (Å²) in [7, 11) is 3.81. The number of fused-ring (bicyclic) bond motifs is 1. The second-order valence-electron chi connectivity index (χ2n) is 7.08. The maximum absolute atomic E-state index is 13.4. The highest BCUT2D eigenvalue weighted by atomic mass is 19.1. The number of imidazole rings is 1. The SMILES string of the molecule is CN(C)CC(O)c1ccn2c(-c3ccnc(N)n3)c(-c3ccc(F)cc3)nc2c1. The zero-order chi connectivity index (χ0) is 20.5. The first-order valence-electron chi connectivity index (χ1n) is 9.12. The van der Waals surface area contributed by atoms with Crippen LogP contribution in [0.1, 0.15) is 11.7 Å². The van der Waals surface area contributed by atoms with Gasteiger partial charge < -0.3 is 15.7 Å². The number of rotatable bonds is 5. The number of likely N-dealkylation sites (N-methyl/N-ethyl adjacent to an activating group) is 1. The second kappa shape index (κ2) is 7.57. The van der Waals surface area contributed by atoms with Gasteiger partial charge in [0.2, 0.25) is 5.95 Å². The molecule has 7 nitrogen and oxygen atoms in total. The van der Waals surface area contributed by atoms with Gasteiger partial charge >= 0.3 is 0 Å². The van der Waals surface area contributed by atoms with Gasteiger partial charge in [-0.2, -0.15) is 0 Å². The summed E-state index contributed by atoms with van der Waals surface area (Å²) >= 11 is 0. The lowest BCUT2D eigenvalue weighted by Gasteiger charge is -2.16. The van der Waals surface area contributed by atoms with Crippen LogP contribution in [0.3, 0.4) is 0 Å². The van der Waals surface area contributed by atoms with Crippen LogP contribution in [0.15, 0.2) is 54.9 Å². The van der Waals surface area contributed by atoms with E-state index in [4.69, 9.17) is 10.7 Å². The number of nitrogen functional groups attached to an aromatic ring is 1. The van der Waals surface area contributed by atoms with Gasteiger partial charge in [-0.05, 0) is 62.1 Å². The highest BCUT2D eigenvalue weighted by Crippen LogP contribution is 2.32. The van der Waals surface area contributed by atoms with Gasteiger partial charge in [0.05, 0.1) is 23.2 Å². The molecule has 0 aliphatic carbocycles. The summed E-state index contributed by atoms with van der Waals surface area (Å²) in [6.07, 6.45) is 2.79. The molecule has 0 fully saturated rings. The molecule has 0 radical (unpaired) electrons. The third kappa shape index (κ3) is 3.80. The molecule has 0 bridgehead atoms. The van der Waals surface area contributed by atoms with Crippen LogP contribution in [0.2, 0.25) is 0 Å². The molecule has 148 valence electrons. The highest BCUT2D eigenvalue weighted by molar-refractivity contribution is 5.80. The van der Waals surface area contributed by atoms with E-state index in [0.29, 0.717) is 29.3 Å². The van der Waals surface area contributed by atoms with Crippen LogP contribution in [0.4, 0.5) is 10.3 Å². The minimum Gasteiger partial charge on any atom is -0.387 e. The van der Waals surface area contributed by atoms with E-state index >= 15 is 0 Å². The summed E-state index contributed by atoms with van der Waals surface area (Å²) < 4.78 is 15.3. The van der Waals surface area contributed by atoms with Crippen LogP contribution in [-0.2, 0) is 0 Å². The van der Waals surface area contributed by atoms with E-state index in [1.54, 1.807) is 24.4 Å². The Bertz CT molecular complexity index is 1160. The predicted octanol–water partition coefficient (Wildman–Crippen LogP) is 2.77. The van der Waals surface area contributed by atoms with E-state index in [-0.39, 0.29) is 11.8 Å². The summed E-state index contributed by atoms with van der Waals surface area (Å²) in [6.45, 7) is 0.497. The molecule has 4 rings (SSSR count). The lowest BCUT2D eigenvalue weighted by atomic mass is 10.1. The fourth-order valence-corrected chi connectivity index (χ4v) is 3.28. The average Bonchev–Trinajstić information content (AvgIpc) is 3.06. The Morgan fingerprint density at radius 2 is 1.90 bits per heavy atom. The van der Waals surface area contributed by atoms with Crippen LogP contribution in [-0.4, -0.2) is 50.0 Å². The molecule has 0 aliphatic heterocycles. The van der Waals surface area contributed by atoms with Gasteiger partial charge in [0.15, 0.2) is 0 Å². The van der Waals surface area contributed by atoms with E-state index in [2.05, 4.69) is 9.97 Å². The Morgan fingerprint density at radius 3 is 2.59 bits per heavy atom. The molecule has 0 aliphatic rings. The van der Waals surface area contributed by atoms with Crippen molar-refractivity contribution in [3.05, 3.63) is 66.2 Å². The average molecular weight is 392 g/mol. The lowest BCUT2D eigenvalue weighted by Crippen LogP contribution is -2.20. The van der Waals surface area contributed by atoms with Crippen molar-refractivity contribution >= 4 is 11.6 Å². The van der Waals surface area contributed by atoms with Gasteiger partial charge in [0, 0.05) is 24.5 Å². The lowest BCUT2D eigenvalue weighted by molar-refractivity contribution is 0.138. The number of aliphatic hydroxyl groups is 1. The Morgan fingerprint density at radius 1 is 1.14 bits per heavy atom. The van der Waals surface area contributed by atoms with Gasteiger partial charge in [0.25, 0.3) is 0 Å². The molecule has 3 aromatic heterocycles. The Kier molecular flexibility index (Phi) is 4.96. The predicted molar refractivity (Wildman–Crippen MR) is 110 cm³/mol. The molecule has 0 saturated heterocycles. The standard InChI is InChI=1S/C21H21FN6O/c1-27(2)12-17(29)14-8-10-28-18(11-14)26-19(13-3-5-15(22)6-4-13)20(28)16-7-9-24-21(23)25-16/h3-11,17,29H,12H2,1-2H3,(H2,23,24,25). The van der Waals surface area contributed by atoms with Crippen molar-refractivity contribution in [2.45, 2.75) is 6.10 Å². The molecule has 1 aromatic carbocycles. The first-order chi connectivity index (χ1) is 13.9. The summed E-state index contributed by atoms with van der Waals surface area (Å²) in [5.41, 5.74) is 9.90. The second-order valence-corrected chi connectivity index (χ2v) is 7.08. The zero-order valence-corrected chi connectivity index (χ0v) is 16.1. The van der Waals surface area contributed by atoms with Gasteiger partial charge in [0.1, 0.15) is 11.5 Å². The highest BCUT2D eigenvalue weighted by Gasteiger charge is 2.19. The number of hydrogen-bond donors (Lipinski definition) is 2. The maximum atomic E-state index is 13.4. The van der Waals surface area contributed by atoms with E-state index in [1.807, 2.05) is 41.7 Å². The molecule has 3 N–H and O–H groups in total. The van der Waals surface area contributed by atoms with Crippen molar-refractivity contribution in [1.82, 2.24) is 24.3 Å². The number of hydrogen-bond acceptors (Lipinski definition) is 6. The van der Waals surface area contributed by atoms with Crippen LogP contribution < -0.4 is 5.73 Å². The fourth-order valence-electron chi connectivity index (χ4n) is 3.28. The van der Waals surface area contributed by atoms with E-state index in [1.165, 1.54) is 12.1 Å². The van der Waals surface area contributed by atoms with Gasteiger partial charge in [-0.3, -0.25) is 4.40 Å². The van der Waals surface area contributed by atoms with Crippen LogP contribution in [0.5, 0.6) is 0 Å². The Hall–Kier alpha value is -3.36. The molecule has 29 heavy (non-hydrogen) atoms. The first kappa shape index (κ1) is 19.0. The number of pyridine rings is 1. The molecule has 0 saturated carbocycles. The van der Waals surface area contributed by atoms with Crippen molar-refractivity contribution in [1.29, 1.82) is 0 Å². The Balaban J connectivity index is 1.92. The number of aliphatic hydroxyl groups excluding tert-OH is 1. The largest absolute Gasteiger partial charge is 0.387 e. The molecular weight excluding hydrogens is 371 g/mol. The van der Waals surface area contributed by atoms with E-state index < -0.39 is 6.10 Å². The maximum Gasteiger partial charge on any atom is 0.220 e. The van der Waals surface area contributed by atoms with E-state index in [0.717, 1.165) is 11.1 Å². The molecule has 0 spiro atoms. The summed E-state index contributed by atoms with van der Waals surface area (Å²) in [5, 5.41) is 10.5. The van der Waals surface area contributed by atoms with Crippen molar-refractivity contribution in [3.63, 3.8) is 0 Å². The van der Waals surface area contributed by atoms with Crippen molar-refractivity contribution in [2.24, 2.45) is 0 Å². The number of nitrogens with zero attached hydrogens (tertiary/aromatic N) is 5. The quantitative estimate of drug-likeness (QED) is 0.543. The number of nitrogens with two attached hydrogens (primary N) is 1. The molecule has 0 amide bonds. The molecule has 4 aromatic rings. The van der Waals surface area contributed by atoms with Crippen molar-refractivity contribution in [3.8, 4) is 22.6 Å². The summed E-state index contributed by atoms with van der Waals surface area (Å²) in [6, 6.07) is 11.6. The Labute approximate surface area is 167 Å². The smallest absolute Gasteiger partial charge is 0.220 e. The third-order valence-electron chi connectivity index (χ3n) is 4.61. The summed E-state index contributed by atoms with van der Waals surface area (Å²) in [4.78, 5) is 15.0. The number of anilines is 1. The van der Waals surface area contributed by atoms with Crippen LogP contribution in [0.25, 0.3) is 28.3 Å². The van der Waals surface area contributed by atoms with Crippen molar-refractivity contribution < 1.29 is 9.50 Å². The van der Waals surface area contributed by atoms with Crippen LogP contribution >= 0.6 is 0 Å². The molecule has 1 atom stereocenters. The minimum absolute atomic E-state index is 0.153. The van der Waals surface area contributed by atoms with Gasteiger partial charge in [-0.15, -0.1) is 0 Å². The third-order valence-corrected chi connectivity index (χ3v) is 4.61. The normalized spacial score (nSPS) is 12.6. The summed E-state index contributed by atoms with van der Waals surface area (Å²) in [5.74, 6) is -0.167. The van der Waals surface area contributed by atoms with Crippen molar-refractivity contribution in [2.75, 3.05) is 26.4 Å². The minimum atomic E-state index is -0.640. The zero-order valence-electron chi connectivity index (χ0n) is 16.1. The topological polar surface area (TPSA) is 92.6 Å². The number of benzene rings is 1. The van der Waals surface area contributed by atoms with Gasteiger partial charge in [-0.25, -0.2) is 19.3 Å².